The molecule has 0 heterocycles. The third-order valence-corrected chi connectivity index (χ3v) is 3.04. The lowest BCUT2D eigenvalue weighted by Gasteiger charge is -2.07. The zero-order chi connectivity index (χ0) is 12.8. The van der Waals surface area contributed by atoms with Gasteiger partial charge in [-0.3, -0.25) is 0 Å². The Labute approximate surface area is 106 Å². The van der Waals surface area contributed by atoms with Crippen LogP contribution in [0.1, 0.15) is 71.1 Å². The average Bonchev–Trinajstić information content (AvgIpc) is 2.33. The zero-order valence-electron chi connectivity index (χ0n) is 11.4. The Bertz CT molecular complexity index is 159. The van der Waals surface area contributed by atoms with E-state index in [1.54, 1.807) is 0 Å². The molecule has 0 saturated heterocycles. The lowest BCUT2D eigenvalue weighted by molar-refractivity contribution is 0.189. The summed E-state index contributed by atoms with van der Waals surface area (Å²) >= 11 is 0. The van der Waals surface area contributed by atoms with E-state index in [1.807, 2.05) is 0 Å². The van der Waals surface area contributed by atoms with Crippen LogP contribution in [0.5, 0.6) is 0 Å². The van der Waals surface area contributed by atoms with Crippen molar-refractivity contribution in [3.05, 3.63) is 12.8 Å². The summed E-state index contributed by atoms with van der Waals surface area (Å²) in [4.78, 5) is 0. The van der Waals surface area contributed by atoms with Crippen molar-refractivity contribution in [3.63, 3.8) is 0 Å². The summed E-state index contributed by atoms with van der Waals surface area (Å²) in [6, 6.07) is 0. The molecule has 0 aliphatic heterocycles. The van der Waals surface area contributed by atoms with E-state index in [4.69, 9.17) is 4.74 Å². The molecule has 0 radical (unpaired) electrons. The van der Waals surface area contributed by atoms with Crippen LogP contribution in [0.3, 0.4) is 0 Å². The van der Waals surface area contributed by atoms with Gasteiger partial charge in [0.15, 0.2) is 0 Å². The molecule has 2 heteroatoms. The van der Waals surface area contributed by atoms with Crippen molar-refractivity contribution in [1.82, 2.24) is 0 Å². The van der Waals surface area contributed by atoms with E-state index >= 15 is 0 Å². The van der Waals surface area contributed by atoms with Gasteiger partial charge < -0.3 is 4.74 Å². The Morgan fingerprint density at radius 1 is 1.00 bits per heavy atom. The van der Waals surface area contributed by atoms with Crippen LogP contribution in [0.4, 0.5) is 4.39 Å². The van der Waals surface area contributed by atoms with Crippen LogP contribution in [0, 0.1) is 0 Å². The number of alkyl halides is 1. The number of ether oxygens (including phenoxy) is 1. The van der Waals surface area contributed by atoms with Crippen LogP contribution in [0.2, 0.25) is 0 Å². The molecule has 0 rings (SSSR count). The number of hydrogen-bond acceptors (Lipinski definition) is 1. The molecule has 0 aromatic rings. The first-order chi connectivity index (χ1) is 8.31. The van der Waals surface area contributed by atoms with E-state index in [0.717, 1.165) is 6.42 Å². The molecular weight excluding hydrogens is 215 g/mol. The first-order valence-electron chi connectivity index (χ1n) is 7.17. The van der Waals surface area contributed by atoms with Crippen molar-refractivity contribution in [3.8, 4) is 0 Å². The molecular formula is C15H29FO. The fourth-order valence-electron chi connectivity index (χ4n) is 1.92. The third kappa shape index (κ3) is 13.4. The Morgan fingerprint density at radius 2 is 1.59 bits per heavy atom. The van der Waals surface area contributed by atoms with Crippen LogP contribution in [0.15, 0.2) is 12.8 Å². The maximum absolute atomic E-state index is 13.3. The topological polar surface area (TPSA) is 9.23 Å². The quantitative estimate of drug-likeness (QED) is 0.311. The van der Waals surface area contributed by atoms with Gasteiger partial charge in [-0.05, 0) is 6.42 Å². The van der Waals surface area contributed by atoms with Crippen LogP contribution in [-0.2, 0) is 4.74 Å². The van der Waals surface area contributed by atoms with Gasteiger partial charge in [0.25, 0.3) is 0 Å². The third-order valence-electron chi connectivity index (χ3n) is 3.04. The highest BCUT2D eigenvalue weighted by Crippen LogP contribution is 2.13. The van der Waals surface area contributed by atoms with Gasteiger partial charge in [0.1, 0.15) is 6.17 Å². The van der Waals surface area contributed by atoms with Gasteiger partial charge in [-0.2, -0.15) is 0 Å². The molecule has 0 amide bonds. The Kier molecular flexibility index (Phi) is 13.1. The molecule has 1 atom stereocenters. The predicted octanol–water partition coefficient (Wildman–Crippen LogP) is 5.41. The molecule has 1 unspecified atom stereocenters. The maximum atomic E-state index is 13.3. The smallest absolute Gasteiger partial charge is 0.103 e. The highest BCUT2D eigenvalue weighted by Gasteiger charge is 2.05. The molecule has 102 valence electrons. The second-order valence-corrected chi connectivity index (χ2v) is 4.69. The summed E-state index contributed by atoms with van der Waals surface area (Å²) in [6.45, 7) is 6.12. The molecule has 0 bridgehead atoms. The van der Waals surface area contributed by atoms with Gasteiger partial charge in [0, 0.05) is 6.42 Å². The molecule has 0 fully saturated rings. The Balaban J connectivity index is 3.08. The summed E-state index contributed by atoms with van der Waals surface area (Å²) < 4.78 is 18.2. The summed E-state index contributed by atoms with van der Waals surface area (Å²) in [5, 5.41) is 0. The molecule has 0 aromatic heterocycles. The first kappa shape index (κ1) is 16.5. The van der Waals surface area contributed by atoms with Crippen LogP contribution < -0.4 is 0 Å². The number of rotatable bonds is 13. The molecule has 0 N–H and O–H groups in total. The Morgan fingerprint density at radius 3 is 2.18 bits per heavy atom. The van der Waals surface area contributed by atoms with Crippen molar-refractivity contribution < 1.29 is 9.13 Å². The van der Waals surface area contributed by atoms with Crippen LogP contribution in [0.25, 0.3) is 0 Å². The Hall–Kier alpha value is -0.530. The summed E-state index contributed by atoms with van der Waals surface area (Å²) in [6.07, 6.45) is 12.0. The van der Waals surface area contributed by atoms with Crippen molar-refractivity contribution in [2.45, 2.75) is 77.3 Å². The van der Waals surface area contributed by atoms with Crippen molar-refractivity contribution in [2.75, 3.05) is 6.61 Å². The first-order valence-corrected chi connectivity index (χ1v) is 7.17. The van der Waals surface area contributed by atoms with Gasteiger partial charge in [-0.15, -0.1) is 0 Å². The molecule has 1 nitrogen and oxygen atoms in total. The van der Waals surface area contributed by atoms with Crippen molar-refractivity contribution in [1.29, 1.82) is 0 Å². The molecule has 0 aliphatic rings. The van der Waals surface area contributed by atoms with Crippen LogP contribution >= 0.6 is 0 Å². The SMILES string of the molecule is C=COCCC(F)CCCCCCCCCC. The second kappa shape index (κ2) is 13.5. The minimum Gasteiger partial charge on any atom is -0.502 e. The summed E-state index contributed by atoms with van der Waals surface area (Å²) in [7, 11) is 0. The van der Waals surface area contributed by atoms with E-state index in [1.165, 1.54) is 51.2 Å². The van der Waals surface area contributed by atoms with E-state index < -0.39 is 6.17 Å². The molecule has 0 aliphatic carbocycles. The maximum Gasteiger partial charge on any atom is 0.103 e. The molecule has 17 heavy (non-hydrogen) atoms. The van der Waals surface area contributed by atoms with Gasteiger partial charge in [-0.25, -0.2) is 4.39 Å². The van der Waals surface area contributed by atoms with Gasteiger partial charge in [0.2, 0.25) is 0 Å². The average molecular weight is 244 g/mol. The normalized spacial score (nSPS) is 12.4. The van der Waals surface area contributed by atoms with E-state index in [0.29, 0.717) is 19.4 Å². The standard InChI is InChI=1S/C15H29FO/c1-3-5-6-7-8-9-10-11-12-15(16)13-14-17-4-2/h4,15H,2-3,5-14H2,1H3. The second-order valence-electron chi connectivity index (χ2n) is 4.69. The molecule has 0 saturated carbocycles. The van der Waals surface area contributed by atoms with E-state index in [9.17, 15) is 4.39 Å². The van der Waals surface area contributed by atoms with Crippen molar-refractivity contribution in [2.24, 2.45) is 0 Å². The zero-order valence-corrected chi connectivity index (χ0v) is 11.4. The fraction of sp³-hybridized carbons (Fsp3) is 0.867. The highest BCUT2D eigenvalue weighted by molar-refractivity contribution is 4.58. The van der Waals surface area contributed by atoms with Gasteiger partial charge in [0.05, 0.1) is 12.9 Å². The minimum atomic E-state index is -0.699. The highest BCUT2D eigenvalue weighted by atomic mass is 19.1. The molecule has 0 spiro atoms. The summed E-state index contributed by atoms with van der Waals surface area (Å²) in [5.41, 5.74) is 0. The number of hydrogen-bond donors (Lipinski definition) is 0. The van der Waals surface area contributed by atoms with E-state index in [2.05, 4.69) is 13.5 Å². The minimum absolute atomic E-state index is 0.460. The molecule has 0 aromatic carbocycles. The lowest BCUT2D eigenvalue weighted by atomic mass is 10.1. The predicted molar refractivity (Wildman–Crippen MR) is 72.9 cm³/mol. The summed E-state index contributed by atoms with van der Waals surface area (Å²) in [5.74, 6) is 0. The van der Waals surface area contributed by atoms with E-state index in [-0.39, 0.29) is 0 Å². The van der Waals surface area contributed by atoms with Crippen LogP contribution in [-0.4, -0.2) is 12.8 Å². The van der Waals surface area contributed by atoms with Crippen molar-refractivity contribution >= 4 is 0 Å². The largest absolute Gasteiger partial charge is 0.502 e. The van der Waals surface area contributed by atoms with Gasteiger partial charge >= 0.3 is 0 Å². The monoisotopic (exact) mass is 244 g/mol. The van der Waals surface area contributed by atoms with Gasteiger partial charge in [-0.1, -0.05) is 64.9 Å². The fourth-order valence-corrected chi connectivity index (χ4v) is 1.92. The number of unbranched alkanes of at least 4 members (excludes halogenated alkanes) is 7. The lowest BCUT2D eigenvalue weighted by Crippen LogP contribution is -2.03. The number of halogens is 1.